The van der Waals surface area contributed by atoms with Crippen LogP contribution in [0.15, 0.2) is 24.3 Å². The molecular weight excluding hydrogens is 230 g/mol. The summed E-state index contributed by atoms with van der Waals surface area (Å²) < 4.78 is 0. The van der Waals surface area contributed by atoms with Crippen LogP contribution in [-0.4, -0.2) is 12.6 Å². The van der Waals surface area contributed by atoms with Crippen LogP contribution in [-0.2, 0) is 11.8 Å². The van der Waals surface area contributed by atoms with Gasteiger partial charge in [0, 0.05) is 18.0 Å². The fraction of sp³-hybridized carbons (Fsp3) is 0.667. The first-order valence-electron chi connectivity index (χ1n) is 8.16. The van der Waals surface area contributed by atoms with Gasteiger partial charge in [-0.15, -0.1) is 0 Å². The lowest BCUT2D eigenvalue weighted by Crippen LogP contribution is -2.41. The smallest absolute Gasteiger partial charge is 0.00807 e. The van der Waals surface area contributed by atoms with Gasteiger partial charge in [0.05, 0.1) is 0 Å². The van der Waals surface area contributed by atoms with Crippen molar-refractivity contribution < 1.29 is 0 Å². The van der Waals surface area contributed by atoms with E-state index in [1.807, 2.05) is 0 Å². The third-order valence-electron chi connectivity index (χ3n) is 5.01. The van der Waals surface area contributed by atoms with E-state index in [1.165, 1.54) is 57.9 Å². The van der Waals surface area contributed by atoms with Gasteiger partial charge >= 0.3 is 0 Å². The van der Waals surface area contributed by atoms with Crippen molar-refractivity contribution in [2.24, 2.45) is 0 Å². The van der Waals surface area contributed by atoms with Crippen LogP contribution in [0, 0.1) is 0 Å². The summed E-state index contributed by atoms with van der Waals surface area (Å²) in [5.74, 6) is 0. The fourth-order valence-electron chi connectivity index (χ4n) is 3.68. The summed E-state index contributed by atoms with van der Waals surface area (Å²) in [4.78, 5) is 0. The van der Waals surface area contributed by atoms with E-state index in [4.69, 9.17) is 0 Å². The second-order valence-electron chi connectivity index (χ2n) is 6.55. The Hall–Kier alpha value is -0.820. The molecule has 3 rings (SSSR count). The minimum absolute atomic E-state index is 0.424. The monoisotopic (exact) mass is 257 g/mol. The van der Waals surface area contributed by atoms with Crippen LogP contribution in [0.3, 0.4) is 0 Å². The molecule has 1 unspecified atom stereocenters. The van der Waals surface area contributed by atoms with Crippen molar-refractivity contribution in [3.05, 3.63) is 35.4 Å². The van der Waals surface area contributed by atoms with E-state index in [2.05, 4.69) is 36.5 Å². The molecule has 1 atom stereocenters. The van der Waals surface area contributed by atoms with Crippen molar-refractivity contribution in [2.45, 2.75) is 69.7 Å². The quantitative estimate of drug-likeness (QED) is 0.805. The molecule has 1 N–H and O–H groups in total. The average molecular weight is 257 g/mol. The molecule has 0 amide bonds. The van der Waals surface area contributed by atoms with E-state index < -0.39 is 0 Å². The zero-order valence-corrected chi connectivity index (χ0v) is 12.3. The highest BCUT2D eigenvalue weighted by molar-refractivity contribution is 5.37. The molecule has 1 aromatic carbocycles. The predicted molar refractivity (Wildman–Crippen MR) is 81.6 cm³/mol. The van der Waals surface area contributed by atoms with Crippen LogP contribution in [0.4, 0.5) is 0 Å². The summed E-state index contributed by atoms with van der Waals surface area (Å²) in [6.45, 7) is 3.52. The van der Waals surface area contributed by atoms with Gasteiger partial charge in [0.2, 0.25) is 0 Å². The third-order valence-corrected chi connectivity index (χ3v) is 5.01. The molecule has 1 nitrogen and oxygen atoms in total. The SMILES string of the molecule is CCCCC1(CNC2CC2)CCCc2ccccc21. The van der Waals surface area contributed by atoms with Gasteiger partial charge in [0.1, 0.15) is 0 Å². The molecule has 1 aromatic rings. The molecule has 0 bridgehead atoms. The van der Waals surface area contributed by atoms with Crippen molar-refractivity contribution in [2.75, 3.05) is 6.54 Å². The molecule has 2 aliphatic carbocycles. The molecule has 104 valence electrons. The number of fused-ring (bicyclic) bond motifs is 1. The fourth-order valence-corrected chi connectivity index (χ4v) is 3.68. The van der Waals surface area contributed by atoms with Gasteiger partial charge in [0.25, 0.3) is 0 Å². The van der Waals surface area contributed by atoms with E-state index in [0.29, 0.717) is 5.41 Å². The van der Waals surface area contributed by atoms with E-state index in [9.17, 15) is 0 Å². The van der Waals surface area contributed by atoms with Gasteiger partial charge in [-0.2, -0.15) is 0 Å². The maximum absolute atomic E-state index is 3.82. The van der Waals surface area contributed by atoms with Gasteiger partial charge in [0.15, 0.2) is 0 Å². The molecule has 0 aliphatic heterocycles. The Morgan fingerprint density at radius 1 is 1.26 bits per heavy atom. The second-order valence-corrected chi connectivity index (χ2v) is 6.55. The zero-order valence-electron chi connectivity index (χ0n) is 12.3. The topological polar surface area (TPSA) is 12.0 Å². The van der Waals surface area contributed by atoms with Crippen molar-refractivity contribution in [3.63, 3.8) is 0 Å². The maximum atomic E-state index is 3.82. The lowest BCUT2D eigenvalue weighted by atomic mass is 9.67. The third kappa shape index (κ3) is 2.86. The van der Waals surface area contributed by atoms with E-state index >= 15 is 0 Å². The molecule has 1 heteroatoms. The molecule has 19 heavy (non-hydrogen) atoms. The van der Waals surface area contributed by atoms with Crippen LogP contribution in [0.25, 0.3) is 0 Å². The second kappa shape index (κ2) is 5.66. The van der Waals surface area contributed by atoms with Crippen molar-refractivity contribution >= 4 is 0 Å². The van der Waals surface area contributed by atoms with Gasteiger partial charge in [-0.3, -0.25) is 0 Å². The molecule has 2 aliphatic rings. The highest BCUT2D eigenvalue weighted by atomic mass is 15.0. The number of aryl methyl sites for hydroxylation is 1. The summed E-state index contributed by atoms with van der Waals surface area (Å²) in [7, 11) is 0. The normalized spacial score (nSPS) is 26.2. The number of unbranched alkanes of at least 4 members (excludes halogenated alkanes) is 1. The molecule has 0 saturated heterocycles. The summed E-state index contributed by atoms with van der Waals surface area (Å²) in [5.41, 5.74) is 3.69. The van der Waals surface area contributed by atoms with Gasteiger partial charge in [-0.1, -0.05) is 44.0 Å². The summed E-state index contributed by atoms with van der Waals surface area (Å²) in [6.07, 6.45) is 10.9. The van der Waals surface area contributed by atoms with Crippen LogP contribution in [0.5, 0.6) is 0 Å². The molecule has 1 saturated carbocycles. The first kappa shape index (κ1) is 13.2. The number of nitrogens with one attached hydrogen (secondary N) is 1. The van der Waals surface area contributed by atoms with E-state index in [-0.39, 0.29) is 0 Å². The highest BCUT2D eigenvalue weighted by Gasteiger charge is 2.36. The number of hydrogen-bond donors (Lipinski definition) is 1. The van der Waals surface area contributed by atoms with E-state index in [1.54, 1.807) is 11.1 Å². The van der Waals surface area contributed by atoms with Gasteiger partial charge in [-0.25, -0.2) is 0 Å². The predicted octanol–water partition coefficient (Wildman–Crippen LogP) is 4.20. The van der Waals surface area contributed by atoms with Crippen molar-refractivity contribution in [3.8, 4) is 0 Å². The minimum atomic E-state index is 0.424. The Morgan fingerprint density at radius 3 is 2.89 bits per heavy atom. The highest BCUT2D eigenvalue weighted by Crippen LogP contribution is 2.41. The minimum Gasteiger partial charge on any atom is -0.313 e. The maximum Gasteiger partial charge on any atom is 0.00807 e. The summed E-state index contributed by atoms with van der Waals surface area (Å²) >= 11 is 0. The summed E-state index contributed by atoms with van der Waals surface area (Å²) in [6, 6.07) is 10.0. The van der Waals surface area contributed by atoms with E-state index in [0.717, 1.165) is 6.04 Å². The van der Waals surface area contributed by atoms with Gasteiger partial charge < -0.3 is 5.32 Å². The standard InChI is InChI=1S/C18H27N/c1-2-3-12-18(14-19-16-10-11-16)13-6-8-15-7-4-5-9-17(15)18/h4-5,7,9,16,19H,2-3,6,8,10-14H2,1H3. The van der Waals surface area contributed by atoms with Crippen molar-refractivity contribution in [1.29, 1.82) is 0 Å². The van der Waals surface area contributed by atoms with Crippen LogP contribution in [0.1, 0.15) is 63.0 Å². The molecule has 0 radical (unpaired) electrons. The van der Waals surface area contributed by atoms with Crippen LogP contribution in [0.2, 0.25) is 0 Å². The zero-order chi connectivity index (χ0) is 13.1. The van der Waals surface area contributed by atoms with Gasteiger partial charge in [-0.05, 0) is 49.7 Å². The van der Waals surface area contributed by atoms with Crippen LogP contribution < -0.4 is 5.32 Å². The molecule has 1 fully saturated rings. The first-order chi connectivity index (χ1) is 9.34. The largest absolute Gasteiger partial charge is 0.313 e. The number of rotatable bonds is 6. The Kier molecular flexibility index (Phi) is 3.93. The Balaban J connectivity index is 1.84. The average Bonchev–Trinajstić information content (AvgIpc) is 3.27. The Bertz CT molecular complexity index is 421. The molecule has 0 spiro atoms. The summed E-state index contributed by atoms with van der Waals surface area (Å²) in [5, 5.41) is 3.82. The lowest BCUT2D eigenvalue weighted by molar-refractivity contribution is 0.307. The first-order valence-corrected chi connectivity index (χ1v) is 8.16. The van der Waals surface area contributed by atoms with Crippen molar-refractivity contribution in [1.82, 2.24) is 5.32 Å². The number of benzene rings is 1. The lowest BCUT2D eigenvalue weighted by Gasteiger charge is -2.40. The molecular formula is C18H27N. The number of hydrogen-bond acceptors (Lipinski definition) is 1. The Morgan fingerprint density at radius 2 is 2.11 bits per heavy atom. The Labute approximate surface area is 117 Å². The molecule has 0 heterocycles. The van der Waals surface area contributed by atoms with Crippen LogP contribution >= 0.6 is 0 Å². The molecule has 0 aromatic heterocycles.